The molecule has 0 unspecified atom stereocenters. The first-order chi connectivity index (χ1) is 14.6. The highest BCUT2D eigenvalue weighted by Gasteiger charge is 2.13. The summed E-state index contributed by atoms with van der Waals surface area (Å²) in [5, 5.41) is 4.93. The molecule has 0 saturated carbocycles. The number of hydrogen-bond donors (Lipinski definition) is 1. The van der Waals surface area contributed by atoms with Crippen LogP contribution in [0.3, 0.4) is 0 Å². The average Bonchev–Trinajstić information content (AvgIpc) is 2.79. The second-order valence-electron chi connectivity index (χ2n) is 7.12. The van der Waals surface area contributed by atoms with Gasteiger partial charge in [-0.2, -0.15) is 5.10 Å². The van der Waals surface area contributed by atoms with E-state index in [9.17, 15) is 4.79 Å². The van der Waals surface area contributed by atoms with Gasteiger partial charge in [0.05, 0.1) is 23.0 Å². The van der Waals surface area contributed by atoms with E-state index >= 15 is 0 Å². The lowest BCUT2D eigenvalue weighted by Crippen LogP contribution is -2.18. The molecule has 1 amide bonds. The summed E-state index contributed by atoms with van der Waals surface area (Å²) >= 11 is 0. The van der Waals surface area contributed by atoms with Gasteiger partial charge in [0, 0.05) is 30.7 Å². The first kappa shape index (κ1) is 19.3. The Kier molecular flexibility index (Phi) is 5.52. The quantitative estimate of drug-likeness (QED) is 0.393. The molecule has 148 valence electrons. The van der Waals surface area contributed by atoms with E-state index in [1.807, 2.05) is 104 Å². The van der Waals surface area contributed by atoms with Crippen molar-refractivity contribution in [2.24, 2.45) is 5.10 Å². The van der Waals surface area contributed by atoms with Crippen LogP contribution in [-0.4, -0.2) is 31.2 Å². The Morgan fingerprint density at radius 2 is 1.63 bits per heavy atom. The molecule has 0 atom stereocenters. The smallest absolute Gasteiger partial charge is 0.272 e. The lowest BCUT2D eigenvalue weighted by Gasteiger charge is -2.11. The number of fused-ring (bicyclic) bond motifs is 1. The van der Waals surface area contributed by atoms with Crippen molar-refractivity contribution in [3.63, 3.8) is 0 Å². The molecule has 0 bridgehead atoms. The number of rotatable bonds is 5. The van der Waals surface area contributed by atoms with Crippen LogP contribution in [-0.2, 0) is 0 Å². The van der Waals surface area contributed by atoms with Crippen LogP contribution >= 0.6 is 0 Å². The summed E-state index contributed by atoms with van der Waals surface area (Å²) in [7, 11) is 3.98. The second kappa shape index (κ2) is 8.57. The molecule has 1 heterocycles. The SMILES string of the molecule is CN(C)c1ccc(C=NNC(=O)c2cc(-c3ccccc3)nc3ccccc23)cc1. The van der Waals surface area contributed by atoms with Gasteiger partial charge in [0.2, 0.25) is 0 Å². The molecule has 0 aliphatic heterocycles. The molecular weight excluding hydrogens is 372 g/mol. The maximum absolute atomic E-state index is 12.9. The van der Waals surface area contributed by atoms with E-state index in [0.717, 1.165) is 33.4 Å². The number of amides is 1. The number of benzene rings is 3. The first-order valence-corrected chi connectivity index (χ1v) is 9.68. The van der Waals surface area contributed by atoms with Gasteiger partial charge in [-0.25, -0.2) is 10.4 Å². The van der Waals surface area contributed by atoms with Crippen molar-refractivity contribution < 1.29 is 4.79 Å². The fourth-order valence-electron chi connectivity index (χ4n) is 3.20. The summed E-state index contributed by atoms with van der Waals surface area (Å²) in [5.74, 6) is -0.271. The fourth-order valence-corrected chi connectivity index (χ4v) is 3.20. The predicted octanol–water partition coefficient (Wildman–Crippen LogP) is 4.73. The number of nitrogens with zero attached hydrogens (tertiary/aromatic N) is 3. The normalized spacial score (nSPS) is 11.0. The van der Waals surface area contributed by atoms with Crippen LogP contribution in [0.4, 0.5) is 5.69 Å². The van der Waals surface area contributed by atoms with Gasteiger partial charge in [-0.3, -0.25) is 4.79 Å². The molecule has 4 rings (SSSR count). The number of nitrogens with one attached hydrogen (secondary N) is 1. The Morgan fingerprint density at radius 3 is 2.37 bits per heavy atom. The molecule has 30 heavy (non-hydrogen) atoms. The Bertz CT molecular complexity index is 1200. The number of aromatic nitrogens is 1. The van der Waals surface area contributed by atoms with Crippen molar-refractivity contribution in [1.82, 2.24) is 10.4 Å². The van der Waals surface area contributed by atoms with Crippen molar-refractivity contribution in [2.45, 2.75) is 0 Å². The predicted molar refractivity (Wildman–Crippen MR) is 123 cm³/mol. The van der Waals surface area contributed by atoms with E-state index in [-0.39, 0.29) is 5.91 Å². The number of carbonyl (C=O) groups excluding carboxylic acids is 1. The number of hydrogen-bond acceptors (Lipinski definition) is 4. The van der Waals surface area contributed by atoms with Gasteiger partial charge in [-0.05, 0) is 29.8 Å². The van der Waals surface area contributed by atoms with Crippen molar-refractivity contribution in [3.8, 4) is 11.3 Å². The summed E-state index contributed by atoms with van der Waals surface area (Å²) in [6, 6.07) is 27.2. The molecule has 0 fully saturated rings. The van der Waals surface area contributed by atoms with Crippen LogP contribution in [0.2, 0.25) is 0 Å². The molecular formula is C25H22N4O. The molecule has 0 aliphatic rings. The van der Waals surface area contributed by atoms with Crippen LogP contribution in [0.15, 0.2) is 90.0 Å². The van der Waals surface area contributed by atoms with Crippen LogP contribution in [0, 0.1) is 0 Å². The molecule has 0 saturated heterocycles. The van der Waals surface area contributed by atoms with E-state index in [2.05, 4.69) is 10.5 Å². The summed E-state index contributed by atoms with van der Waals surface area (Å²) in [6.45, 7) is 0. The van der Waals surface area contributed by atoms with Crippen LogP contribution in [0.1, 0.15) is 15.9 Å². The lowest BCUT2D eigenvalue weighted by atomic mass is 10.0. The third-order valence-corrected chi connectivity index (χ3v) is 4.82. The van der Waals surface area contributed by atoms with Gasteiger partial charge in [0.25, 0.3) is 5.91 Å². The standard InChI is InChI=1S/C25H22N4O/c1-29(2)20-14-12-18(13-15-20)17-26-28-25(30)22-16-24(19-8-4-3-5-9-19)27-23-11-7-6-10-21(22)23/h3-17H,1-2H3,(H,28,30). The van der Waals surface area contributed by atoms with E-state index in [0.29, 0.717) is 5.56 Å². The van der Waals surface area contributed by atoms with Crippen molar-refractivity contribution >= 4 is 28.7 Å². The monoisotopic (exact) mass is 394 g/mol. The molecule has 0 spiro atoms. The highest BCUT2D eigenvalue weighted by atomic mass is 16.2. The molecule has 5 nitrogen and oxygen atoms in total. The van der Waals surface area contributed by atoms with Gasteiger partial charge in [0.1, 0.15) is 0 Å². The van der Waals surface area contributed by atoms with Gasteiger partial charge in [0.15, 0.2) is 0 Å². The summed E-state index contributed by atoms with van der Waals surface area (Å²) in [4.78, 5) is 19.7. The van der Waals surface area contributed by atoms with Gasteiger partial charge in [-0.15, -0.1) is 0 Å². The van der Waals surface area contributed by atoms with E-state index in [1.54, 1.807) is 6.21 Å². The van der Waals surface area contributed by atoms with Crippen molar-refractivity contribution in [1.29, 1.82) is 0 Å². The maximum Gasteiger partial charge on any atom is 0.272 e. The van der Waals surface area contributed by atoms with Crippen molar-refractivity contribution in [3.05, 3.63) is 96.1 Å². The summed E-state index contributed by atoms with van der Waals surface area (Å²) < 4.78 is 0. The first-order valence-electron chi connectivity index (χ1n) is 9.68. The Balaban J connectivity index is 1.61. The third-order valence-electron chi connectivity index (χ3n) is 4.82. The van der Waals surface area contributed by atoms with E-state index < -0.39 is 0 Å². The molecule has 0 radical (unpaired) electrons. The minimum Gasteiger partial charge on any atom is -0.378 e. The number of para-hydroxylation sites is 1. The fraction of sp³-hybridized carbons (Fsp3) is 0.0800. The minimum atomic E-state index is -0.271. The molecule has 5 heteroatoms. The Labute approximate surface area is 175 Å². The lowest BCUT2D eigenvalue weighted by molar-refractivity contribution is 0.0956. The molecule has 1 aromatic heterocycles. The zero-order chi connectivity index (χ0) is 20.9. The Hall–Kier alpha value is -3.99. The minimum absolute atomic E-state index is 0.271. The van der Waals surface area contributed by atoms with Crippen molar-refractivity contribution in [2.75, 3.05) is 19.0 Å². The third kappa shape index (κ3) is 4.20. The largest absolute Gasteiger partial charge is 0.378 e. The summed E-state index contributed by atoms with van der Waals surface area (Å²) in [5.41, 5.74) is 7.68. The zero-order valence-electron chi connectivity index (χ0n) is 16.9. The van der Waals surface area contributed by atoms with Crippen LogP contribution in [0.5, 0.6) is 0 Å². The van der Waals surface area contributed by atoms with E-state index in [1.165, 1.54) is 0 Å². The van der Waals surface area contributed by atoms with E-state index in [4.69, 9.17) is 4.98 Å². The number of hydrazone groups is 1. The molecule has 0 aliphatic carbocycles. The topological polar surface area (TPSA) is 57.6 Å². The van der Waals surface area contributed by atoms with Crippen LogP contribution in [0.25, 0.3) is 22.2 Å². The van der Waals surface area contributed by atoms with Gasteiger partial charge in [-0.1, -0.05) is 60.7 Å². The average molecular weight is 394 g/mol. The van der Waals surface area contributed by atoms with Crippen LogP contribution < -0.4 is 10.3 Å². The second-order valence-corrected chi connectivity index (χ2v) is 7.12. The maximum atomic E-state index is 12.9. The highest BCUT2D eigenvalue weighted by molar-refractivity contribution is 6.07. The molecule has 3 aromatic carbocycles. The Morgan fingerprint density at radius 1 is 0.933 bits per heavy atom. The molecule has 1 N–H and O–H groups in total. The van der Waals surface area contributed by atoms with Gasteiger partial charge < -0.3 is 4.90 Å². The number of pyridine rings is 1. The number of carbonyl (C=O) groups is 1. The zero-order valence-corrected chi connectivity index (χ0v) is 16.9. The summed E-state index contributed by atoms with van der Waals surface area (Å²) in [6.07, 6.45) is 1.64. The van der Waals surface area contributed by atoms with Gasteiger partial charge >= 0.3 is 0 Å². The molecule has 4 aromatic rings. The number of anilines is 1. The highest BCUT2D eigenvalue weighted by Crippen LogP contribution is 2.24.